The summed E-state index contributed by atoms with van der Waals surface area (Å²) in [7, 11) is 0. The fourth-order valence-electron chi connectivity index (χ4n) is 1.24. The fourth-order valence-corrected chi connectivity index (χ4v) is 1.24. The lowest BCUT2D eigenvalue weighted by Gasteiger charge is -2.07. The van der Waals surface area contributed by atoms with Crippen molar-refractivity contribution >= 4 is 17.2 Å². The standard InChI is InChI=1S/C11H10FN3O/c12-9-2-1-8(5-10(9)13)15-11(14)7-3-4-16-6-7/h1-6H,13H2,(H2,14,15). The molecular weight excluding hydrogens is 209 g/mol. The molecule has 0 radical (unpaired) electrons. The number of benzene rings is 1. The van der Waals surface area contributed by atoms with Gasteiger partial charge in [-0.25, -0.2) is 4.39 Å². The van der Waals surface area contributed by atoms with Crippen LogP contribution >= 0.6 is 0 Å². The van der Waals surface area contributed by atoms with Crippen LogP contribution in [-0.4, -0.2) is 5.84 Å². The molecule has 2 aromatic rings. The highest BCUT2D eigenvalue weighted by molar-refractivity contribution is 6.06. The second-order valence-electron chi connectivity index (χ2n) is 3.25. The summed E-state index contributed by atoms with van der Waals surface area (Å²) in [6.45, 7) is 0. The highest BCUT2D eigenvalue weighted by Gasteiger charge is 2.04. The van der Waals surface area contributed by atoms with Gasteiger partial charge in [-0.2, -0.15) is 0 Å². The molecule has 82 valence electrons. The summed E-state index contributed by atoms with van der Waals surface area (Å²) in [6, 6.07) is 5.85. The van der Waals surface area contributed by atoms with Crippen molar-refractivity contribution in [3.63, 3.8) is 0 Å². The monoisotopic (exact) mass is 219 g/mol. The third-order valence-corrected chi connectivity index (χ3v) is 2.08. The van der Waals surface area contributed by atoms with E-state index in [-0.39, 0.29) is 11.5 Å². The summed E-state index contributed by atoms with van der Waals surface area (Å²) in [5.74, 6) is -0.305. The molecule has 0 saturated carbocycles. The van der Waals surface area contributed by atoms with Crippen LogP contribution in [-0.2, 0) is 0 Å². The van der Waals surface area contributed by atoms with Gasteiger partial charge < -0.3 is 15.5 Å². The summed E-state index contributed by atoms with van der Waals surface area (Å²) in [5, 5.41) is 10.5. The summed E-state index contributed by atoms with van der Waals surface area (Å²) >= 11 is 0. The van der Waals surface area contributed by atoms with Crippen molar-refractivity contribution in [2.45, 2.75) is 0 Å². The Balaban J connectivity index is 2.15. The van der Waals surface area contributed by atoms with Crippen LogP contribution in [0, 0.1) is 11.2 Å². The van der Waals surface area contributed by atoms with Gasteiger partial charge in [0, 0.05) is 5.69 Å². The summed E-state index contributed by atoms with van der Waals surface area (Å²) < 4.78 is 17.7. The molecule has 1 aromatic heterocycles. The number of hydrogen-bond acceptors (Lipinski definition) is 3. The van der Waals surface area contributed by atoms with Crippen molar-refractivity contribution < 1.29 is 8.81 Å². The number of nitrogen functional groups attached to an aromatic ring is 1. The summed E-state index contributed by atoms with van der Waals surface area (Å²) in [5.41, 5.74) is 6.63. The normalized spacial score (nSPS) is 10.1. The summed E-state index contributed by atoms with van der Waals surface area (Å²) in [6.07, 6.45) is 2.92. The van der Waals surface area contributed by atoms with E-state index < -0.39 is 5.82 Å². The zero-order valence-corrected chi connectivity index (χ0v) is 8.33. The number of nitrogens with two attached hydrogens (primary N) is 1. The van der Waals surface area contributed by atoms with Gasteiger partial charge in [0.1, 0.15) is 17.9 Å². The van der Waals surface area contributed by atoms with Crippen molar-refractivity contribution in [3.05, 3.63) is 48.2 Å². The lowest BCUT2D eigenvalue weighted by atomic mass is 10.2. The van der Waals surface area contributed by atoms with Crippen molar-refractivity contribution in [3.8, 4) is 0 Å². The molecule has 2 rings (SSSR count). The molecule has 0 spiro atoms. The third kappa shape index (κ3) is 2.03. The van der Waals surface area contributed by atoms with Crippen LogP contribution in [0.25, 0.3) is 0 Å². The lowest BCUT2D eigenvalue weighted by Crippen LogP contribution is -2.11. The van der Waals surface area contributed by atoms with Crippen LogP contribution in [0.1, 0.15) is 5.56 Å². The maximum Gasteiger partial charge on any atom is 0.146 e. The van der Waals surface area contributed by atoms with Gasteiger partial charge in [0.15, 0.2) is 0 Å². The van der Waals surface area contributed by atoms with E-state index >= 15 is 0 Å². The minimum absolute atomic E-state index is 0.0463. The molecule has 16 heavy (non-hydrogen) atoms. The molecule has 0 aliphatic rings. The van der Waals surface area contributed by atoms with Crippen molar-refractivity contribution in [2.24, 2.45) is 0 Å². The van der Waals surface area contributed by atoms with Crippen LogP contribution in [0.2, 0.25) is 0 Å². The van der Waals surface area contributed by atoms with Crippen molar-refractivity contribution in [1.82, 2.24) is 0 Å². The molecule has 0 aliphatic carbocycles. The minimum atomic E-state index is -0.472. The fraction of sp³-hybridized carbons (Fsp3) is 0. The van der Waals surface area contributed by atoms with Gasteiger partial charge >= 0.3 is 0 Å². The van der Waals surface area contributed by atoms with Crippen LogP contribution in [0.3, 0.4) is 0 Å². The number of anilines is 2. The first-order valence-electron chi connectivity index (χ1n) is 4.60. The molecule has 0 fully saturated rings. The van der Waals surface area contributed by atoms with E-state index in [9.17, 15) is 4.39 Å². The Bertz CT molecular complexity index is 508. The Morgan fingerprint density at radius 3 is 2.81 bits per heavy atom. The molecule has 4 N–H and O–H groups in total. The van der Waals surface area contributed by atoms with Gasteiger partial charge in [-0.1, -0.05) is 0 Å². The van der Waals surface area contributed by atoms with E-state index in [1.54, 1.807) is 6.07 Å². The first-order valence-corrected chi connectivity index (χ1v) is 4.60. The SMILES string of the molecule is N=C(Nc1ccc(F)c(N)c1)c1ccoc1. The van der Waals surface area contributed by atoms with Crippen LogP contribution < -0.4 is 11.1 Å². The van der Waals surface area contributed by atoms with E-state index in [1.165, 1.54) is 30.7 Å². The van der Waals surface area contributed by atoms with E-state index in [4.69, 9.17) is 15.6 Å². The summed E-state index contributed by atoms with van der Waals surface area (Å²) in [4.78, 5) is 0. The molecule has 0 bridgehead atoms. The minimum Gasteiger partial charge on any atom is -0.472 e. The topological polar surface area (TPSA) is 75.0 Å². The lowest BCUT2D eigenvalue weighted by molar-refractivity contribution is 0.567. The smallest absolute Gasteiger partial charge is 0.146 e. The van der Waals surface area contributed by atoms with Crippen LogP contribution in [0.5, 0.6) is 0 Å². The van der Waals surface area contributed by atoms with Gasteiger partial charge in [-0.3, -0.25) is 5.41 Å². The first-order chi connectivity index (χ1) is 7.66. The molecule has 0 saturated heterocycles. The molecular formula is C11H10FN3O. The molecule has 0 amide bonds. The van der Waals surface area contributed by atoms with Gasteiger partial charge in [-0.05, 0) is 24.3 Å². The van der Waals surface area contributed by atoms with Gasteiger partial charge in [-0.15, -0.1) is 0 Å². The van der Waals surface area contributed by atoms with Gasteiger partial charge in [0.2, 0.25) is 0 Å². The highest BCUT2D eigenvalue weighted by atomic mass is 19.1. The quantitative estimate of drug-likeness (QED) is 0.412. The first kappa shape index (κ1) is 10.2. The van der Waals surface area contributed by atoms with Crippen LogP contribution in [0.15, 0.2) is 41.2 Å². The Morgan fingerprint density at radius 1 is 1.38 bits per heavy atom. The number of halogens is 1. The second-order valence-corrected chi connectivity index (χ2v) is 3.25. The Morgan fingerprint density at radius 2 is 2.19 bits per heavy atom. The molecule has 5 heteroatoms. The molecule has 4 nitrogen and oxygen atoms in total. The number of furan rings is 1. The average Bonchev–Trinajstić information content (AvgIpc) is 2.77. The third-order valence-electron chi connectivity index (χ3n) is 2.08. The van der Waals surface area contributed by atoms with E-state index in [0.717, 1.165) is 0 Å². The number of amidine groups is 1. The maximum absolute atomic E-state index is 12.9. The largest absolute Gasteiger partial charge is 0.472 e. The Hall–Kier alpha value is -2.30. The Kier molecular flexibility index (Phi) is 2.59. The zero-order valence-electron chi connectivity index (χ0n) is 8.33. The molecule has 0 atom stereocenters. The van der Waals surface area contributed by atoms with Crippen molar-refractivity contribution in [1.29, 1.82) is 5.41 Å². The number of hydrogen-bond donors (Lipinski definition) is 3. The average molecular weight is 219 g/mol. The molecule has 0 unspecified atom stereocenters. The molecule has 1 heterocycles. The second kappa shape index (κ2) is 4.06. The number of rotatable bonds is 2. The van der Waals surface area contributed by atoms with E-state index in [0.29, 0.717) is 11.3 Å². The highest BCUT2D eigenvalue weighted by Crippen LogP contribution is 2.17. The van der Waals surface area contributed by atoms with Gasteiger partial charge in [0.25, 0.3) is 0 Å². The maximum atomic E-state index is 12.9. The van der Waals surface area contributed by atoms with E-state index in [2.05, 4.69) is 5.32 Å². The van der Waals surface area contributed by atoms with Crippen LogP contribution in [0.4, 0.5) is 15.8 Å². The Labute approximate surface area is 91.4 Å². The van der Waals surface area contributed by atoms with E-state index in [1.807, 2.05) is 0 Å². The van der Waals surface area contributed by atoms with Crippen molar-refractivity contribution in [2.75, 3.05) is 11.1 Å². The zero-order chi connectivity index (χ0) is 11.5. The van der Waals surface area contributed by atoms with Gasteiger partial charge in [0.05, 0.1) is 17.5 Å². The predicted octanol–water partition coefficient (Wildman–Crippen LogP) is 2.44. The predicted molar refractivity (Wildman–Crippen MR) is 60.0 cm³/mol. The molecule has 1 aromatic carbocycles. The number of nitrogens with one attached hydrogen (secondary N) is 2. The molecule has 0 aliphatic heterocycles.